The van der Waals surface area contributed by atoms with Crippen LogP contribution in [0.3, 0.4) is 0 Å². The molecule has 1 atom stereocenters. The maximum absolute atomic E-state index is 12.5. The second-order valence-electron chi connectivity index (χ2n) is 3.94. The molecule has 0 amide bonds. The molecule has 1 aromatic rings. The van der Waals surface area contributed by atoms with E-state index in [0.717, 1.165) is 5.76 Å². The quantitative estimate of drug-likeness (QED) is 0.833. The molecule has 0 saturated carbocycles. The summed E-state index contributed by atoms with van der Waals surface area (Å²) in [5.41, 5.74) is -1.84. The molecule has 1 aliphatic heterocycles. The third kappa shape index (κ3) is 2.18. The Bertz CT molecular complexity index is 315. The van der Waals surface area contributed by atoms with Crippen LogP contribution in [0.25, 0.3) is 0 Å². The SMILES string of the molecule is O[C@@]1(C(F)F)CCN(Cc2ccco2)C1. The average Bonchev–Trinajstić information content (AvgIpc) is 2.77. The van der Waals surface area contributed by atoms with Gasteiger partial charge in [-0.2, -0.15) is 0 Å². The van der Waals surface area contributed by atoms with Crippen molar-refractivity contribution in [3.63, 3.8) is 0 Å². The fourth-order valence-corrected chi connectivity index (χ4v) is 1.83. The maximum Gasteiger partial charge on any atom is 0.268 e. The molecule has 0 bridgehead atoms. The predicted molar refractivity (Wildman–Crippen MR) is 49.6 cm³/mol. The highest BCUT2D eigenvalue weighted by Gasteiger charge is 2.43. The summed E-state index contributed by atoms with van der Waals surface area (Å²) in [6.07, 6.45) is -1.02. The highest BCUT2D eigenvalue weighted by molar-refractivity contribution is 5.00. The summed E-state index contributed by atoms with van der Waals surface area (Å²) in [7, 11) is 0. The number of hydrogen-bond acceptors (Lipinski definition) is 3. The van der Waals surface area contributed by atoms with Crippen molar-refractivity contribution in [1.82, 2.24) is 4.90 Å². The molecular formula is C10H13F2NO2. The van der Waals surface area contributed by atoms with Crippen molar-refractivity contribution in [2.75, 3.05) is 13.1 Å². The summed E-state index contributed by atoms with van der Waals surface area (Å²) in [6.45, 7) is 0.953. The first kappa shape index (κ1) is 10.6. The normalized spacial score (nSPS) is 27.7. The molecule has 0 aromatic carbocycles. The van der Waals surface area contributed by atoms with Gasteiger partial charge in [0.1, 0.15) is 11.4 Å². The fourth-order valence-electron chi connectivity index (χ4n) is 1.83. The van der Waals surface area contributed by atoms with Gasteiger partial charge in [0, 0.05) is 13.1 Å². The molecule has 1 aromatic heterocycles. The molecule has 0 spiro atoms. The number of likely N-dealkylation sites (tertiary alicyclic amines) is 1. The molecule has 5 heteroatoms. The molecule has 2 rings (SSSR count). The van der Waals surface area contributed by atoms with Crippen LogP contribution in [-0.4, -0.2) is 35.1 Å². The summed E-state index contributed by atoms with van der Waals surface area (Å²) >= 11 is 0. The molecule has 2 heterocycles. The van der Waals surface area contributed by atoms with E-state index in [4.69, 9.17) is 4.42 Å². The summed E-state index contributed by atoms with van der Waals surface area (Å²) in [4.78, 5) is 1.77. The van der Waals surface area contributed by atoms with E-state index in [1.54, 1.807) is 23.3 Å². The van der Waals surface area contributed by atoms with E-state index < -0.39 is 12.0 Å². The second kappa shape index (κ2) is 3.90. The van der Waals surface area contributed by atoms with Gasteiger partial charge in [0.25, 0.3) is 6.43 Å². The van der Waals surface area contributed by atoms with E-state index in [1.165, 1.54) is 0 Å². The van der Waals surface area contributed by atoms with Crippen LogP contribution in [0.15, 0.2) is 22.8 Å². The highest BCUT2D eigenvalue weighted by atomic mass is 19.3. The molecule has 1 fully saturated rings. The Morgan fingerprint density at radius 3 is 2.93 bits per heavy atom. The number of β-amino-alcohol motifs (C(OH)–C–C–N with tert-alkyl or cyclic N) is 1. The minimum absolute atomic E-state index is 0.00532. The Hall–Kier alpha value is -0.940. The minimum atomic E-state index is -2.68. The monoisotopic (exact) mass is 217 g/mol. The number of nitrogens with zero attached hydrogens (tertiary/aromatic N) is 1. The van der Waals surface area contributed by atoms with Crippen LogP contribution in [0.5, 0.6) is 0 Å². The third-order valence-corrected chi connectivity index (χ3v) is 2.72. The molecule has 1 saturated heterocycles. The van der Waals surface area contributed by atoms with E-state index in [1.807, 2.05) is 0 Å². The average molecular weight is 217 g/mol. The Balaban J connectivity index is 1.93. The van der Waals surface area contributed by atoms with Crippen LogP contribution in [0.4, 0.5) is 8.78 Å². The fraction of sp³-hybridized carbons (Fsp3) is 0.600. The van der Waals surface area contributed by atoms with Gasteiger partial charge >= 0.3 is 0 Å². The van der Waals surface area contributed by atoms with E-state index in [0.29, 0.717) is 13.1 Å². The maximum atomic E-state index is 12.5. The molecule has 15 heavy (non-hydrogen) atoms. The van der Waals surface area contributed by atoms with Crippen molar-refractivity contribution in [3.8, 4) is 0 Å². The summed E-state index contributed by atoms with van der Waals surface area (Å²) in [5.74, 6) is 0.730. The molecule has 0 unspecified atom stereocenters. The first-order chi connectivity index (χ1) is 7.10. The number of halogens is 2. The zero-order chi connectivity index (χ0) is 10.9. The van der Waals surface area contributed by atoms with Crippen LogP contribution in [-0.2, 0) is 6.54 Å². The van der Waals surface area contributed by atoms with Crippen molar-refractivity contribution in [2.24, 2.45) is 0 Å². The molecular weight excluding hydrogens is 204 g/mol. The third-order valence-electron chi connectivity index (χ3n) is 2.72. The van der Waals surface area contributed by atoms with Gasteiger partial charge in [0.2, 0.25) is 0 Å². The zero-order valence-corrected chi connectivity index (χ0v) is 8.20. The highest BCUT2D eigenvalue weighted by Crippen LogP contribution is 2.28. The number of rotatable bonds is 3. The Labute approximate surface area is 86.3 Å². The summed E-state index contributed by atoms with van der Waals surface area (Å²) < 4.78 is 30.1. The number of furan rings is 1. The molecule has 0 radical (unpaired) electrons. The van der Waals surface area contributed by atoms with Crippen LogP contribution < -0.4 is 0 Å². The van der Waals surface area contributed by atoms with Crippen molar-refractivity contribution >= 4 is 0 Å². The van der Waals surface area contributed by atoms with Gasteiger partial charge in [-0.15, -0.1) is 0 Å². The van der Waals surface area contributed by atoms with E-state index >= 15 is 0 Å². The van der Waals surface area contributed by atoms with Gasteiger partial charge in [0.05, 0.1) is 12.8 Å². The van der Waals surface area contributed by atoms with Gasteiger partial charge in [-0.05, 0) is 18.6 Å². The van der Waals surface area contributed by atoms with Gasteiger partial charge in [-0.25, -0.2) is 8.78 Å². The first-order valence-corrected chi connectivity index (χ1v) is 4.85. The Kier molecular flexibility index (Phi) is 2.75. The van der Waals surface area contributed by atoms with Crippen LogP contribution in [0, 0.1) is 0 Å². The number of hydrogen-bond donors (Lipinski definition) is 1. The first-order valence-electron chi connectivity index (χ1n) is 4.85. The Morgan fingerprint density at radius 1 is 1.60 bits per heavy atom. The van der Waals surface area contributed by atoms with E-state index in [2.05, 4.69) is 0 Å². The number of alkyl halides is 2. The van der Waals surface area contributed by atoms with Crippen molar-refractivity contribution in [3.05, 3.63) is 24.2 Å². The molecule has 84 valence electrons. The van der Waals surface area contributed by atoms with Gasteiger partial charge < -0.3 is 9.52 Å². The van der Waals surface area contributed by atoms with Crippen LogP contribution in [0.1, 0.15) is 12.2 Å². The minimum Gasteiger partial charge on any atom is -0.468 e. The summed E-state index contributed by atoms with van der Waals surface area (Å²) in [6, 6.07) is 3.55. The lowest BCUT2D eigenvalue weighted by atomic mass is 10.1. The topological polar surface area (TPSA) is 36.6 Å². The van der Waals surface area contributed by atoms with Gasteiger partial charge in [0.15, 0.2) is 0 Å². The molecule has 1 aliphatic rings. The lowest BCUT2D eigenvalue weighted by Gasteiger charge is -2.21. The van der Waals surface area contributed by atoms with Crippen LogP contribution >= 0.6 is 0 Å². The Morgan fingerprint density at radius 2 is 2.40 bits per heavy atom. The summed E-state index contributed by atoms with van der Waals surface area (Å²) in [5, 5.41) is 9.55. The van der Waals surface area contributed by atoms with Crippen LogP contribution in [0.2, 0.25) is 0 Å². The lowest BCUT2D eigenvalue weighted by molar-refractivity contribution is -0.0874. The van der Waals surface area contributed by atoms with E-state index in [9.17, 15) is 13.9 Å². The smallest absolute Gasteiger partial charge is 0.268 e. The second-order valence-corrected chi connectivity index (χ2v) is 3.94. The van der Waals surface area contributed by atoms with Crippen molar-refractivity contribution in [2.45, 2.75) is 25.0 Å². The van der Waals surface area contributed by atoms with Crippen molar-refractivity contribution < 1.29 is 18.3 Å². The molecule has 1 N–H and O–H groups in total. The predicted octanol–water partition coefficient (Wildman–Crippen LogP) is 1.48. The van der Waals surface area contributed by atoms with Gasteiger partial charge in [-0.3, -0.25) is 4.90 Å². The molecule has 0 aliphatic carbocycles. The largest absolute Gasteiger partial charge is 0.468 e. The van der Waals surface area contributed by atoms with Crippen molar-refractivity contribution in [1.29, 1.82) is 0 Å². The van der Waals surface area contributed by atoms with Gasteiger partial charge in [-0.1, -0.05) is 0 Å². The lowest BCUT2D eigenvalue weighted by Crippen LogP contribution is -2.40. The zero-order valence-electron chi connectivity index (χ0n) is 8.20. The number of aliphatic hydroxyl groups is 1. The molecule has 3 nitrogen and oxygen atoms in total. The standard InChI is InChI=1S/C10H13F2NO2/c11-9(12)10(14)3-4-13(7-10)6-8-2-1-5-15-8/h1-2,5,9,14H,3-4,6-7H2/t10-/m0/s1. The van der Waals surface area contributed by atoms with E-state index in [-0.39, 0.29) is 13.0 Å².